The van der Waals surface area contributed by atoms with Gasteiger partial charge in [-0.25, -0.2) is 0 Å². The van der Waals surface area contributed by atoms with Crippen molar-refractivity contribution in [1.82, 2.24) is 4.90 Å². The van der Waals surface area contributed by atoms with Gasteiger partial charge >= 0.3 is 5.97 Å². The number of carbonyl (C=O) groups excluding carboxylic acids is 1. The van der Waals surface area contributed by atoms with Crippen molar-refractivity contribution < 1.29 is 9.53 Å². The first-order valence-electron chi connectivity index (χ1n) is 13.1. The van der Waals surface area contributed by atoms with Crippen LogP contribution in [-0.2, 0) is 14.9 Å². The number of piperazine rings is 1. The maximum absolute atomic E-state index is 13.1. The van der Waals surface area contributed by atoms with Gasteiger partial charge in [0.15, 0.2) is 0 Å². The fourth-order valence-corrected chi connectivity index (χ4v) is 5.56. The van der Waals surface area contributed by atoms with E-state index in [0.717, 1.165) is 73.7 Å². The lowest BCUT2D eigenvalue weighted by Crippen LogP contribution is -2.47. The zero-order valence-corrected chi connectivity index (χ0v) is 22.2. The predicted octanol–water partition coefficient (Wildman–Crippen LogP) is 6.82. The van der Waals surface area contributed by atoms with Crippen LogP contribution < -0.4 is 4.90 Å². The van der Waals surface area contributed by atoms with Crippen LogP contribution in [-0.4, -0.2) is 50.2 Å². The van der Waals surface area contributed by atoms with E-state index in [9.17, 15) is 4.79 Å². The molecule has 0 saturated carbocycles. The van der Waals surface area contributed by atoms with E-state index in [0.29, 0.717) is 6.61 Å². The number of benzene rings is 3. The molecule has 1 aliphatic heterocycles. The fourth-order valence-electron chi connectivity index (χ4n) is 5.32. The second kappa shape index (κ2) is 12.4. The number of halogens is 1. The molecule has 0 N–H and O–H groups in total. The van der Waals surface area contributed by atoms with E-state index in [1.54, 1.807) is 0 Å². The van der Waals surface area contributed by atoms with E-state index >= 15 is 0 Å². The van der Waals surface area contributed by atoms with Crippen molar-refractivity contribution in [2.75, 3.05) is 44.2 Å². The number of anilines is 1. The first-order valence-corrected chi connectivity index (χ1v) is 13.5. The van der Waals surface area contributed by atoms with Crippen molar-refractivity contribution in [2.45, 2.75) is 38.5 Å². The third-order valence-electron chi connectivity index (χ3n) is 7.44. The van der Waals surface area contributed by atoms with Gasteiger partial charge in [-0.2, -0.15) is 0 Å². The molecule has 0 bridgehead atoms. The van der Waals surface area contributed by atoms with Crippen molar-refractivity contribution in [3.8, 4) is 11.1 Å². The Labute approximate surface area is 220 Å². The molecule has 190 valence electrons. The quantitative estimate of drug-likeness (QED) is 0.283. The van der Waals surface area contributed by atoms with Gasteiger partial charge in [-0.1, -0.05) is 79.2 Å². The highest BCUT2D eigenvalue weighted by Gasteiger charge is 2.39. The van der Waals surface area contributed by atoms with Crippen LogP contribution in [0.3, 0.4) is 0 Å². The summed E-state index contributed by atoms with van der Waals surface area (Å²) < 4.78 is 5.54. The molecule has 0 aliphatic carbocycles. The maximum Gasteiger partial charge on any atom is 0.316 e. The zero-order chi connectivity index (χ0) is 25.4. The molecule has 0 aromatic heterocycles. The Bertz CT molecular complexity index is 1130. The normalized spacial score (nSPS) is 15.9. The van der Waals surface area contributed by atoms with Gasteiger partial charge in [-0.3, -0.25) is 9.69 Å². The lowest BCUT2D eigenvalue weighted by Gasteiger charge is -2.37. The number of hydrogen-bond acceptors (Lipinski definition) is 4. The van der Waals surface area contributed by atoms with Gasteiger partial charge in [0.1, 0.15) is 0 Å². The van der Waals surface area contributed by atoms with Crippen LogP contribution in [0.15, 0.2) is 78.9 Å². The van der Waals surface area contributed by atoms with Gasteiger partial charge in [0.2, 0.25) is 0 Å². The van der Waals surface area contributed by atoms with Crippen LogP contribution >= 0.6 is 11.6 Å². The van der Waals surface area contributed by atoms with Gasteiger partial charge in [0.05, 0.1) is 12.0 Å². The van der Waals surface area contributed by atoms with Crippen molar-refractivity contribution in [3.63, 3.8) is 0 Å². The van der Waals surface area contributed by atoms with Gasteiger partial charge in [-0.15, -0.1) is 0 Å². The molecule has 0 spiro atoms. The molecule has 1 heterocycles. The first-order chi connectivity index (χ1) is 17.6. The summed E-state index contributed by atoms with van der Waals surface area (Å²) in [6.07, 6.45) is 2.50. The van der Waals surface area contributed by atoms with E-state index in [1.807, 2.05) is 43.3 Å². The molecular weight excluding hydrogens is 468 g/mol. The van der Waals surface area contributed by atoms with Crippen LogP contribution in [0.4, 0.5) is 5.69 Å². The Morgan fingerprint density at radius 3 is 2.33 bits per heavy atom. The molecule has 5 heteroatoms. The summed E-state index contributed by atoms with van der Waals surface area (Å²) in [6, 6.07) is 26.8. The third kappa shape index (κ3) is 5.93. The predicted molar refractivity (Wildman–Crippen MR) is 150 cm³/mol. The molecule has 1 saturated heterocycles. The highest BCUT2D eigenvalue weighted by molar-refractivity contribution is 6.33. The lowest BCUT2D eigenvalue weighted by molar-refractivity contribution is -0.150. The van der Waals surface area contributed by atoms with Crippen LogP contribution in [0.1, 0.15) is 38.7 Å². The van der Waals surface area contributed by atoms with E-state index in [2.05, 4.69) is 59.2 Å². The van der Waals surface area contributed by atoms with Crippen molar-refractivity contribution in [3.05, 3.63) is 89.4 Å². The van der Waals surface area contributed by atoms with E-state index in [4.69, 9.17) is 16.3 Å². The molecule has 1 aliphatic rings. The Kier molecular flexibility index (Phi) is 9.06. The van der Waals surface area contributed by atoms with Gasteiger partial charge < -0.3 is 9.64 Å². The topological polar surface area (TPSA) is 32.8 Å². The highest BCUT2D eigenvalue weighted by atomic mass is 35.5. The largest absolute Gasteiger partial charge is 0.465 e. The van der Waals surface area contributed by atoms with Gasteiger partial charge in [0, 0.05) is 42.5 Å². The molecular formula is C31H37ClN2O2. The molecule has 1 atom stereocenters. The van der Waals surface area contributed by atoms with Gasteiger partial charge in [-0.05, 0) is 62.1 Å². The molecule has 4 rings (SSSR count). The highest BCUT2D eigenvalue weighted by Crippen LogP contribution is 2.35. The van der Waals surface area contributed by atoms with E-state index < -0.39 is 5.41 Å². The van der Waals surface area contributed by atoms with Crippen LogP contribution in [0.2, 0.25) is 5.02 Å². The summed E-state index contributed by atoms with van der Waals surface area (Å²) >= 11 is 6.43. The molecule has 3 aromatic carbocycles. The number of hydrogen-bond donors (Lipinski definition) is 0. The summed E-state index contributed by atoms with van der Waals surface area (Å²) in [5, 5.41) is 0.779. The lowest BCUT2D eigenvalue weighted by atomic mass is 9.74. The number of nitrogens with zero attached hydrogens (tertiary/aromatic N) is 2. The van der Waals surface area contributed by atoms with Crippen molar-refractivity contribution >= 4 is 23.3 Å². The van der Waals surface area contributed by atoms with E-state index in [-0.39, 0.29) is 5.97 Å². The third-order valence-corrected chi connectivity index (χ3v) is 7.77. The van der Waals surface area contributed by atoms with E-state index in [1.165, 1.54) is 5.69 Å². The Morgan fingerprint density at radius 1 is 0.917 bits per heavy atom. The van der Waals surface area contributed by atoms with Crippen LogP contribution in [0.5, 0.6) is 0 Å². The second-order valence-corrected chi connectivity index (χ2v) is 9.89. The minimum absolute atomic E-state index is 0.0954. The summed E-state index contributed by atoms with van der Waals surface area (Å²) in [7, 11) is 0. The molecule has 4 nitrogen and oxygen atoms in total. The van der Waals surface area contributed by atoms with Crippen molar-refractivity contribution in [2.24, 2.45) is 0 Å². The minimum Gasteiger partial charge on any atom is -0.465 e. The molecule has 1 unspecified atom stereocenters. The molecule has 0 amide bonds. The molecule has 1 fully saturated rings. The Balaban J connectivity index is 1.35. The number of carbonyl (C=O) groups is 1. The van der Waals surface area contributed by atoms with Crippen LogP contribution in [0, 0.1) is 0 Å². The summed E-state index contributed by atoms with van der Waals surface area (Å²) in [5.41, 5.74) is 3.95. The Morgan fingerprint density at radius 2 is 1.64 bits per heavy atom. The van der Waals surface area contributed by atoms with Gasteiger partial charge in [0.25, 0.3) is 0 Å². The molecule has 0 radical (unpaired) electrons. The molecule has 36 heavy (non-hydrogen) atoms. The number of ether oxygens (including phenoxy) is 1. The van der Waals surface area contributed by atoms with Crippen LogP contribution in [0.25, 0.3) is 11.1 Å². The SMILES string of the molecule is CCOC(=O)C(CC)(CCCN1CCN(c2cccc(-c3ccccc3Cl)c2)CC1)c1ccccc1. The summed E-state index contributed by atoms with van der Waals surface area (Å²) in [4.78, 5) is 18.1. The average Bonchev–Trinajstić information content (AvgIpc) is 2.92. The zero-order valence-electron chi connectivity index (χ0n) is 21.5. The number of esters is 1. The standard InChI is InChI=1S/C31H37ClN2O2/c1-3-31(30(35)36-4-2,26-13-6-5-7-14-26)18-11-19-33-20-22-34(23-21-33)27-15-10-12-25(24-27)28-16-8-9-17-29(28)32/h5-10,12-17,24H,3-4,11,18-23H2,1-2H3. The average molecular weight is 505 g/mol. The first kappa shape index (κ1) is 26.2. The monoisotopic (exact) mass is 504 g/mol. The fraction of sp³-hybridized carbons (Fsp3) is 0.387. The minimum atomic E-state index is -0.571. The smallest absolute Gasteiger partial charge is 0.316 e. The number of rotatable bonds is 10. The Hall–Kier alpha value is -2.82. The summed E-state index contributed by atoms with van der Waals surface area (Å²) in [6.45, 7) is 9.38. The second-order valence-electron chi connectivity index (χ2n) is 9.48. The van der Waals surface area contributed by atoms with Crippen molar-refractivity contribution in [1.29, 1.82) is 0 Å². The molecule has 3 aromatic rings. The maximum atomic E-state index is 13.1. The summed E-state index contributed by atoms with van der Waals surface area (Å²) in [5.74, 6) is -0.0954.